The van der Waals surface area contributed by atoms with E-state index in [0.29, 0.717) is 6.42 Å². The Labute approximate surface area is 90.3 Å². The maximum absolute atomic E-state index is 9.32. The number of H-pyrrole nitrogens is 1. The van der Waals surface area contributed by atoms with Crippen molar-refractivity contribution in [2.75, 3.05) is 0 Å². The fourth-order valence-electron chi connectivity index (χ4n) is 1.55. The van der Waals surface area contributed by atoms with Crippen LogP contribution in [0.25, 0.3) is 10.9 Å². The van der Waals surface area contributed by atoms with Crippen LogP contribution in [0.4, 0.5) is 0 Å². The third-order valence-electron chi connectivity index (χ3n) is 2.14. The molecule has 0 spiro atoms. The lowest BCUT2D eigenvalue weighted by atomic mass is 10.1. The molecular formula is C10H11BrN2O. The van der Waals surface area contributed by atoms with Gasteiger partial charge in [0.1, 0.15) is 4.60 Å². The van der Waals surface area contributed by atoms with Gasteiger partial charge in [-0.25, -0.2) is 0 Å². The fraction of sp³-hybridized carbons (Fsp3) is 0.300. The molecule has 2 N–H and O–H groups in total. The molecule has 0 radical (unpaired) electrons. The molecule has 0 aliphatic heterocycles. The molecule has 2 rings (SSSR count). The van der Waals surface area contributed by atoms with Crippen molar-refractivity contribution in [2.24, 2.45) is 0 Å². The third-order valence-corrected chi connectivity index (χ3v) is 2.74. The molecule has 1 unspecified atom stereocenters. The molecule has 1 heterocycles. The number of benzene rings is 1. The van der Waals surface area contributed by atoms with Gasteiger partial charge in [-0.1, -0.05) is 18.2 Å². The molecule has 1 aromatic heterocycles. The van der Waals surface area contributed by atoms with E-state index in [9.17, 15) is 5.11 Å². The average molecular weight is 255 g/mol. The lowest BCUT2D eigenvalue weighted by Crippen LogP contribution is -2.04. The minimum atomic E-state index is -0.337. The summed E-state index contributed by atoms with van der Waals surface area (Å²) in [5, 5.41) is 17.4. The Kier molecular flexibility index (Phi) is 2.56. The SMILES string of the molecule is CC(O)Cc1cccc2c(Br)[nH]nc12. The molecular weight excluding hydrogens is 244 g/mol. The zero-order valence-corrected chi connectivity index (χ0v) is 9.37. The van der Waals surface area contributed by atoms with Crippen molar-refractivity contribution in [1.29, 1.82) is 0 Å². The van der Waals surface area contributed by atoms with Gasteiger partial charge in [0.05, 0.1) is 11.6 Å². The van der Waals surface area contributed by atoms with Crippen molar-refractivity contribution in [3.8, 4) is 0 Å². The van der Waals surface area contributed by atoms with Crippen molar-refractivity contribution in [3.63, 3.8) is 0 Å². The lowest BCUT2D eigenvalue weighted by Gasteiger charge is -2.04. The van der Waals surface area contributed by atoms with E-state index < -0.39 is 0 Å². The van der Waals surface area contributed by atoms with E-state index in [4.69, 9.17) is 0 Å². The third kappa shape index (κ3) is 1.67. The maximum atomic E-state index is 9.32. The minimum absolute atomic E-state index is 0.337. The highest BCUT2D eigenvalue weighted by atomic mass is 79.9. The molecule has 4 heteroatoms. The molecule has 0 saturated carbocycles. The first-order valence-corrected chi connectivity index (χ1v) is 5.27. The number of aromatic nitrogens is 2. The molecule has 0 bridgehead atoms. The van der Waals surface area contributed by atoms with Gasteiger partial charge in [0.25, 0.3) is 0 Å². The number of hydrogen-bond donors (Lipinski definition) is 2. The standard InChI is InChI=1S/C10H11BrN2O/c1-6(14)5-7-3-2-4-8-9(7)12-13-10(8)11/h2-4,6,14H,5H2,1H3,(H,12,13). The van der Waals surface area contributed by atoms with Crippen molar-refractivity contribution >= 4 is 26.8 Å². The normalized spacial score (nSPS) is 13.4. The molecule has 74 valence electrons. The quantitative estimate of drug-likeness (QED) is 0.864. The lowest BCUT2D eigenvalue weighted by molar-refractivity contribution is 0.196. The summed E-state index contributed by atoms with van der Waals surface area (Å²) in [7, 11) is 0. The van der Waals surface area contributed by atoms with Crippen LogP contribution in [-0.2, 0) is 6.42 Å². The Morgan fingerprint density at radius 2 is 2.36 bits per heavy atom. The molecule has 2 aromatic rings. The first-order chi connectivity index (χ1) is 6.68. The van der Waals surface area contributed by atoms with Crippen LogP contribution in [0.1, 0.15) is 12.5 Å². The summed E-state index contributed by atoms with van der Waals surface area (Å²) in [6, 6.07) is 5.96. The van der Waals surface area contributed by atoms with E-state index in [1.165, 1.54) is 0 Å². The number of fused-ring (bicyclic) bond motifs is 1. The second kappa shape index (κ2) is 3.71. The Bertz CT molecular complexity index is 450. The number of aromatic amines is 1. The van der Waals surface area contributed by atoms with Gasteiger partial charge in [-0.05, 0) is 28.4 Å². The van der Waals surface area contributed by atoms with Gasteiger partial charge in [-0.2, -0.15) is 5.10 Å². The molecule has 1 atom stereocenters. The van der Waals surface area contributed by atoms with E-state index in [0.717, 1.165) is 21.1 Å². The van der Waals surface area contributed by atoms with Crippen molar-refractivity contribution in [1.82, 2.24) is 10.2 Å². The first-order valence-electron chi connectivity index (χ1n) is 4.48. The summed E-state index contributed by atoms with van der Waals surface area (Å²) in [5.74, 6) is 0. The van der Waals surface area contributed by atoms with Gasteiger partial charge in [-0.15, -0.1) is 0 Å². The highest BCUT2D eigenvalue weighted by Crippen LogP contribution is 2.24. The van der Waals surface area contributed by atoms with Gasteiger partial charge < -0.3 is 5.11 Å². The van der Waals surface area contributed by atoms with E-state index in [1.54, 1.807) is 6.92 Å². The van der Waals surface area contributed by atoms with E-state index in [2.05, 4.69) is 26.1 Å². The van der Waals surface area contributed by atoms with Crippen molar-refractivity contribution in [2.45, 2.75) is 19.4 Å². The van der Waals surface area contributed by atoms with Crippen LogP contribution in [0.15, 0.2) is 22.8 Å². The maximum Gasteiger partial charge on any atom is 0.108 e. The van der Waals surface area contributed by atoms with E-state index in [1.807, 2.05) is 18.2 Å². The van der Waals surface area contributed by atoms with Crippen molar-refractivity contribution in [3.05, 3.63) is 28.4 Å². The molecule has 0 aliphatic carbocycles. The molecule has 1 aromatic carbocycles. The summed E-state index contributed by atoms with van der Waals surface area (Å²) in [5.41, 5.74) is 2.00. The average Bonchev–Trinajstić information content (AvgIpc) is 2.49. The number of hydrogen-bond acceptors (Lipinski definition) is 2. The number of nitrogens with one attached hydrogen (secondary N) is 1. The summed E-state index contributed by atoms with van der Waals surface area (Å²) in [6.45, 7) is 1.78. The van der Waals surface area contributed by atoms with E-state index in [-0.39, 0.29) is 6.10 Å². The van der Waals surface area contributed by atoms with Crippen molar-refractivity contribution < 1.29 is 5.11 Å². The van der Waals surface area contributed by atoms with Gasteiger partial charge in [0.2, 0.25) is 0 Å². The highest BCUT2D eigenvalue weighted by molar-refractivity contribution is 9.10. The Morgan fingerprint density at radius 1 is 1.57 bits per heavy atom. The topological polar surface area (TPSA) is 48.9 Å². The van der Waals surface area contributed by atoms with E-state index >= 15 is 0 Å². The minimum Gasteiger partial charge on any atom is -0.393 e. The Hall–Kier alpha value is -0.870. The predicted octanol–water partition coefficient (Wildman–Crippen LogP) is 2.25. The smallest absolute Gasteiger partial charge is 0.108 e. The number of rotatable bonds is 2. The summed E-state index contributed by atoms with van der Waals surface area (Å²) in [6.07, 6.45) is 0.297. The number of halogens is 1. The molecule has 14 heavy (non-hydrogen) atoms. The summed E-state index contributed by atoms with van der Waals surface area (Å²) in [4.78, 5) is 0. The molecule has 0 amide bonds. The zero-order valence-electron chi connectivity index (χ0n) is 7.79. The zero-order chi connectivity index (χ0) is 10.1. The highest BCUT2D eigenvalue weighted by Gasteiger charge is 2.08. The van der Waals surface area contributed by atoms with Crippen LogP contribution < -0.4 is 0 Å². The monoisotopic (exact) mass is 254 g/mol. The second-order valence-electron chi connectivity index (χ2n) is 3.40. The van der Waals surface area contributed by atoms with Gasteiger partial charge in [0.15, 0.2) is 0 Å². The Balaban J connectivity index is 2.54. The van der Waals surface area contributed by atoms with Crippen LogP contribution in [0, 0.1) is 0 Å². The van der Waals surface area contributed by atoms with Crippen LogP contribution in [0.2, 0.25) is 0 Å². The first kappa shape index (κ1) is 9.68. The fourth-order valence-corrected chi connectivity index (χ4v) is 1.96. The number of aliphatic hydroxyl groups is 1. The predicted molar refractivity (Wildman–Crippen MR) is 59.2 cm³/mol. The van der Waals surface area contributed by atoms with Gasteiger partial charge in [0, 0.05) is 11.8 Å². The van der Waals surface area contributed by atoms with Crippen LogP contribution >= 0.6 is 15.9 Å². The van der Waals surface area contributed by atoms with Crippen LogP contribution in [0.5, 0.6) is 0 Å². The largest absolute Gasteiger partial charge is 0.393 e. The molecule has 0 aliphatic rings. The number of nitrogens with zero attached hydrogens (tertiary/aromatic N) is 1. The second-order valence-corrected chi connectivity index (χ2v) is 4.20. The summed E-state index contributed by atoms with van der Waals surface area (Å²) >= 11 is 3.39. The Morgan fingerprint density at radius 3 is 3.07 bits per heavy atom. The molecule has 0 fully saturated rings. The summed E-state index contributed by atoms with van der Waals surface area (Å²) < 4.78 is 0.889. The molecule has 3 nitrogen and oxygen atoms in total. The van der Waals surface area contributed by atoms with Gasteiger partial charge in [-0.3, -0.25) is 5.10 Å². The van der Waals surface area contributed by atoms with Gasteiger partial charge >= 0.3 is 0 Å². The molecule has 0 saturated heterocycles. The van der Waals surface area contributed by atoms with Crippen LogP contribution in [0.3, 0.4) is 0 Å². The number of aliphatic hydroxyl groups excluding tert-OH is 1. The van der Waals surface area contributed by atoms with Crippen LogP contribution in [-0.4, -0.2) is 21.4 Å². The number of para-hydroxylation sites is 1.